The van der Waals surface area contributed by atoms with E-state index >= 15 is 0 Å². The molecular formula is C9H10O2. The third kappa shape index (κ3) is 0.958. The maximum atomic E-state index is 11.0. The monoisotopic (exact) mass is 150 g/mol. The number of rotatable bonds is 2. The average molecular weight is 150 g/mol. The summed E-state index contributed by atoms with van der Waals surface area (Å²) in [6, 6.07) is 0. The van der Waals surface area contributed by atoms with Crippen LogP contribution in [0.15, 0.2) is 16.7 Å². The van der Waals surface area contributed by atoms with Crippen LogP contribution in [-0.4, -0.2) is 11.7 Å². The second kappa shape index (κ2) is 2.85. The normalized spacial score (nSPS) is 16.5. The van der Waals surface area contributed by atoms with Crippen LogP contribution in [0, 0.1) is 0 Å². The first kappa shape index (κ1) is 7.96. The van der Waals surface area contributed by atoms with E-state index in [4.69, 9.17) is 0 Å². The summed E-state index contributed by atoms with van der Waals surface area (Å²) >= 11 is 0. The smallest absolute Gasteiger partial charge is 0.200 e. The van der Waals surface area contributed by atoms with Gasteiger partial charge in [-0.25, -0.2) is 4.79 Å². The van der Waals surface area contributed by atoms with Crippen molar-refractivity contribution in [3.63, 3.8) is 0 Å². The zero-order chi connectivity index (χ0) is 8.43. The molecule has 0 spiro atoms. The standard InChI is InChI=1S/C9H10O2/c1-3-6-7(4-2)9(11)8(6)5-10/h3-4H2,1-2H3. The first-order valence-electron chi connectivity index (χ1n) is 3.78. The molecule has 0 saturated heterocycles. The first-order valence-corrected chi connectivity index (χ1v) is 3.78. The van der Waals surface area contributed by atoms with E-state index in [1.54, 1.807) is 5.94 Å². The van der Waals surface area contributed by atoms with Crippen LogP contribution in [0.2, 0.25) is 0 Å². The zero-order valence-corrected chi connectivity index (χ0v) is 6.73. The maximum absolute atomic E-state index is 11.0. The fraction of sp³-hybridized carbons (Fsp3) is 0.444. The molecule has 58 valence electrons. The molecule has 0 atom stereocenters. The van der Waals surface area contributed by atoms with Crippen LogP contribution in [0.25, 0.3) is 0 Å². The molecule has 11 heavy (non-hydrogen) atoms. The number of carbonyl (C=O) groups excluding carboxylic acids is 2. The highest BCUT2D eigenvalue weighted by molar-refractivity contribution is 6.24. The maximum Gasteiger partial charge on any atom is 0.200 e. The number of ketones is 1. The lowest BCUT2D eigenvalue weighted by Crippen LogP contribution is -2.21. The molecule has 0 aromatic heterocycles. The van der Waals surface area contributed by atoms with E-state index in [1.165, 1.54) is 0 Å². The molecule has 0 saturated carbocycles. The quantitative estimate of drug-likeness (QED) is 0.441. The van der Waals surface area contributed by atoms with Crippen LogP contribution in [0.1, 0.15) is 26.7 Å². The molecule has 0 heterocycles. The van der Waals surface area contributed by atoms with Crippen molar-refractivity contribution in [1.29, 1.82) is 0 Å². The van der Waals surface area contributed by atoms with Gasteiger partial charge in [-0.05, 0) is 18.4 Å². The van der Waals surface area contributed by atoms with Gasteiger partial charge in [0.1, 0.15) is 11.5 Å². The molecule has 0 bridgehead atoms. The fourth-order valence-electron chi connectivity index (χ4n) is 1.39. The van der Waals surface area contributed by atoms with Gasteiger partial charge in [0, 0.05) is 5.57 Å². The summed E-state index contributed by atoms with van der Waals surface area (Å²) < 4.78 is 0. The summed E-state index contributed by atoms with van der Waals surface area (Å²) in [6.07, 6.45) is 1.49. The molecule has 1 aliphatic carbocycles. The number of Topliss-reactive ketones (excluding diaryl/α,β-unsaturated/α-hetero) is 1. The average Bonchev–Trinajstić information content (AvgIpc) is 2.01. The lowest BCUT2D eigenvalue weighted by atomic mass is 9.79. The number of hydrogen-bond donors (Lipinski definition) is 0. The Kier molecular flexibility index (Phi) is 2.06. The minimum Gasteiger partial charge on any atom is -0.288 e. The third-order valence-electron chi connectivity index (χ3n) is 1.98. The van der Waals surface area contributed by atoms with Gasteiger partial charge in [-0.3, -0.25) is 4.79 Å². The molecule has 2 heteroatoms. The van der Waals surface area contributed by atoms with Gasteiger partial charge in [-0.2, -0.15) is 0 Å². The Morgan fingerprint density at radius 3 is 2.09 bits per heavy atom. The molecule has 0 fully saturated rings. The van der Waals surface area contributed by atoms with Crippen molar-refractivity contribution in [2.24, 2.45) is 0 Å². The van der Waals surface area contributed by atoms with Crippen LogP contribution >= 0.6 is 0 Å². The Labute approximate surface area is 65.6 Å². The van der Waals surface area contributed by atoms with E-state index in [2.05, 4.69) is 0 Å². The summed E-state index contributed by atoms with van der Waals surface area (Å²) in [6.45, 7) is 3.86. The van der Waals surface area contributed by atoms with Gasteiger partial charge in [0.15, 0.2) is 0 Å². The number of carbonyl (C=O) groups is 1. The van der Waals surface area contributed by atoms with Crippen molar-refractivity contribution in [3.8, 4) is 0 Å². The molecular weight excluding hydrogens is 140 g/mol. The highest BCUT2D eigenvalue weighted by atomic mass is 16.1. The summed E-state index contributed by atoms with van der Waals surface area (Å²) in [5.74, 6) is 1.58. The minimum absolute atomic E-state index is 0.0978. The van der Waals surface area contributed by atoms with Crippen molar-refractivity contribution in [2.75, 3.05) is 0 Å². The summed E-state index contributed by atoms with van der Waals surface area (Å²) in [4.78, 5) is 21.2. The van der Waals surface area contributed by atoms with Crippen molar-refractivity contribution in [3.05, 3.63) is 16.7 Å². The second-order valence-corrected chi connectivity index (χ2v) is 2.47. The summed E-state index contributed by atoms with van der Waals surface area (Å²) in [7, 11) is 0. The fourth-order valence-corrected chi connectivity index (χ4v) is 1.39. The summed E-state index contributed by atoms with van der Waals surface area (Å²) in [5, 5.41) is 0. The second-order valence-electron chi connectivity index (χ2n) is 2.47. The molecule has 1 aliphatic rings. The van der Waals surface area contributed by atoms with Crippen molar-refractivity contribution < 1.29 is 9.59 Å². The van der Waals surface area contributed by atoms with Crippen LogP contribution in [0.4, 0.5) is 0 Å². The molecule has 0 unspecified atom stereocenters. The van der Waals surface area contributed by atoms with Crippen LogP contribution < -0.4 is 0 Å². The third-order valence-corrected chi connectivity index (χ3v) is 1.98. The zero-order valence-electron chi connectivity index (χ0n) is 6.73. The van der Waals surface area contributed by atoms with E-state index in [1.807, 2.05) is 13.8 Å². The minimum atomic E-state index is -0.0978. The molecule has 0 amide bonds. The van der Waals surface area contributed by atoms with Crippen molar-refractivity contribution >= 4 is 11.7 Å². The van der Waals surface area contributed by atoms with E-state index < -0.39 is 0 Å². The predicted molar refractivity (Wildman–Crippen MR) is 41.8 cm³/mol. The van der Waals surface area contributed by atoms with Gasteiger partial charge in [0.2, 0.25) is 5.78 Å². The van der Waals surface area contributed by atoms with E-state index in [-0.39, 0.29) is 11.4 Å². The Balaban J connectivity index is 3.09. The molecule has 0 N–H and O–H groups in total. The Hall–Kier alpha value is -1.14. The summed E-state index contributed by atoms with van der Waals surface area (Å²) in [5.41, 5.74) is 1.99. The molecule has 1 rings (SSSR count). The van der Waals surface area contributed by atoms with Crippen LogP contribution in [0.5, 0.6) is 0 Å². The first-order chi connectivity index (χ1) is 5.26. The van der Waals surface area contributed by atoms with E-state index in [0.717, 1.165) is 24.0 Å². The van der Waals surface area contributed by atoms with Gasteiger partial charge < -0.3 is 0 Å². The molecule has 2 nitrogen and oxygen atoms in total. The largest absolute Gasteiger partial charge is 0.288 e. The van der Waals surface area contributed by atoms with E-state index in [0.29, 0.717) is 0 Å². The lowest BCUT2D eigenvalue weighted by molar-refractivity contribution is -0.113. The van der Waals surface area contributed by atoms with Gasteiger partial charge >= 0.3 is 0 Å². The Morgan fingerprint density at radius 1 is 1.18 bits per heavy atom. The van der Waals surface area contributed by atoms with E-state index in [9.17, 15) is 9.59 Å². The van der Waals surface area contributed by atoms with Gasteiger partial charge in [-0.15, -0.1) is 0 Å². The number of hydrogen-bond acceptors (Lipinski definition) is 2. The highest BCUT2D eigenvalue weighted by Crippen LogP contribution is 2.32. The van der Waals surface area contributed by atoms with Crippen LogP contribution in [-0.2, 0) is 9.59 Å². The van der Waals surface area contributed by atoms with Gasteiger partial charge in [-0.1, -0.05) is 13.8 Å². The molecule has 0 radical (unpaired) electrons. The van der Waals surface area contributed by atoms with Crippen LogP contribution in [0.3, 0.4) is 0 Å². The van der Waals surface area contributed by atoms with Crippen molar-refractivity contribution in [1.82, 2.24) is 0 Å². The highest BCUT2D eigenvalue weighted by Gasteiger charge is 2.31. The topological polar surface area (TPSA) is 34.1 Å². The Morgan fingerprint density at radius 2 is 1.73 bits per heavy atom. The Bertz CT molecular complexity index is 278. The lowest BCUT2D eigenvalue weighted by Gasteiger charge is -2.20. The van der Waals surface area contributed by atoms with Gasteiger partial charge in [0.05, 0.1) is 0 Å². The molecule has 0 aliphatic heterocycles. The SMILES string of the molecule is CCC1=C(CC)C(=C=O)C1=O. The van der Waals surface area contributed by atoms with Gasteiger partial charge in [0.25, 0.3) is 0 Å². The van der Waals surface area contributed by atoms with Crippen molar-refractivity contribution in [2.45, 2.75) is 26.7 Å². The predicted octanol–water partition coefficient (Wildman–Crippen LogP) is 1.44. The molecule has 0 aromatic carbocycles. The molecule has 0 aromatic rings. The number of allylic oxidation sites excluding steroid dienone is 3.